The topological polar surface area (TPSA) is 47.6 Å². The van der Waals surface area contributed by atoms with Crippen LogP contribution in [0.15, 0.2) is 0 Å². The Morgan fingerprint density at radius 3 is 2.50 bits per heavy atom. The molecule has 0 amide bonds. The SMILES string of the molecule is CCC(C)C(NC1CC(OC)C1)C(=O)OC. The molecular formula is C12H23NO3. The van der Waals surface area contributed by atoms with Crippen molar-refractivity contribution >= 4 is 5.97 Å². The van der Waals surface area contributed by atoms with Gasteiger partial charge < -0.3 is 14.8 Å². The van der Waals surface area contributed by atoms with Gasteiger partial charge in [0.15, 0.2) is 0 Å². The first-order valence-corrected chi connectivity index (χ1v) is 5.99. The van der Waals surface area contributed by atoms with Crippen molar-refractivity contribution in [1.29, 1.82) is 0 Å². The number of ether oxygens (including phenoxy) is 2. The molecule has 1 N–H and O–H groups in total. The van der Waals surface area contributed by atoms with Crippen molar-refractivity contribution in [3.8, 4) is 0 Å². The molecule has 0 aliphatic heterocycles. The minimum absolute atomic E-state index is 0.157. The van der Waals surface area contributed by atoms with Crippen molar-refractivity contribution in [3.05, 3.63) is 0 Å². The van der Waals surface area contributed by atoms with Gasteiger partial charge in [-0.05, 0) is 18.8 Å². The smallest absolute Gasteiger partial charge is 0.323 e. The van der Waals surface area contributed by atoms with E-state index in [0.717, 1.165) is 19.3 Å². The van der Waals surface area contributed by atoms with E-state index in [-0.39, 0.29) is 12.0 Å². The number of carbonyl (C=O) groups excluding carboxylic acids is 1. The highest BCUT2D eigenvalue weighted by Gasteiger charge is 2.34. The Morgan fingerprint density at radius 1 is 1.44 bits per heavy atom. The van der Waals surface area contributed by atoms with Crippen LogP contribution in [0.5, 0.6) is 0 Å². The Bertz CT molecular complexity index is 226. The summed E-state index contributed by atoms with van der Waals surface area (Å²) in [5, 5.41) is 3.36. The van der Waals surface area contributed by atoms with Crippen LogP contribution in [0.25, 0.3) is 0 Å². The van der Waals surface area contributed by atoms with Gasteiger partial charge in [-0.25, -0.2) is 0 Å². The van der Waals surface area contributed by atoms with Gasteiger partial charge in [0.25, 0.3) is 0 Å². The number of hydrogen-bond donors (Lipinski definition) is 1. The van der Waals surface area contributed by atoms with Gasteiger partial charge >= 0.3 is 5.97 Å². The van der Waals surface area contributed by atoms with E-state index in [2.05, 4.69) is 19.2 Å². The summed E-state index contributed by atoms with van der Waals surface area (Å²) in [7, 11) is 3.17. The molecule has 0 aromatic carbocycles. The Labute approximate surface area is 97.7 Å². The molecule has 0 aromatic rings. The molecule has 2 atom stereocenters. The van der Waals surface area contributed by atoms with Gasteiger partial charge in [-0.15, -0.1) is 0 Å². The first kappa shape index (κ1) is 13.5. The normalized spacial score (nSPS) is 28.0. The number of rotatable bonds is 6. The fraction of sp³-hybridized carbons (Fsp3) is 0.917. The maximum atomic E-state index is 11.6. The Morgan fingerprint density at radius 2 is 2.06 bits per heavy atom. The van der Waals surface area contributed by atoms with Crippen LogP contribution < -0.4 is 5.32 Å². The van der Waals surface area contributed by atoms with E-state index in [4.69, 9.17) is 9.47 Å². The molecule has 1 rings (SSSR count). The molecule has 1 fully saturated rings. The molecule has 4 nitrogen and oxygen atoms in total. The highest BCUT2D eigenvalue weighted by molar-refractivity contribution is 5.76. The van der Waals surface area contributed by atoms with E-state index >= 15 is 0 Å². The summed E-state index contributed by atoms with van der Waals surface area (Å²) in [6.45, 7) is 4.15. The predicted molar refractivity (Wildman–Crippen MR) is 62.2 cm³/mol. The Hall–Kier alpha value is -0.610. The third kappa shape index (κ3) is 3.19. The fourth-order valence-electron chi connectivity index (χ4n) is 1.98. The molecular weight excluding hydrogens is 206 g/mol. The molecule has 0 heterocycles. The summed E-state index contributed by atoms with van der Waals surface area (Å²) >= 11 is 0. The minimum atomic E-state index is -0.183. The lowest BCUT2D eigenvalue weighted by Crippen LogP contribution is -2.54. The number of esters is 1. The molecule has 4 heteroatoms. The van der Waals surface area contributed by atoms with Crippen LogP contribution in [0.2, 0.25) is 0 Å². The lowest BCUT2D eigenvalue weighted by molar-refractivity contribution is -0.145. The standard InChI is InChI=1S/C12H23NO3/c1-5-8(2)11(12(14)16-4)13-9-6-10(7-9)15-3/h8-11,13H,5-7H2,1-4H3. The summed E-state index contributed by atoms with van der Waals surface area (Å²) in [4.78, 5) is 11.6. The molecule has 1 aliphatic rings. The highest BCUT2D eigenvalue weighted by atomic mass is 16.5. The lowest BCUT2D eigenvalue weighted by atomic mass is 9.87. The quantitative estimate of drug-likeness (QED) is 0.698. The summed E-state index contributed by atoms with van der Waals surface area (Å²) in [5.74, 6) is 0.143. The monoisotopic (exact) mass is 229 g/mol. The van der Waals surface area contributed by atoms with Crippen LogP contribution in [-0.2, 0) is 14.3 Å². The lowest BCUT2D eigenvalue weighted by Gasteiger charge is -2.38. The van der Waals surface area contributed by atoms with Gasteiger partial charge in [-0.3, -0.25) is 4.79 Å². The third-order valence-electron chi connectivity index (χ3n) is 3.51. The molecule has 1 saturated carbocycles. The van der Waals surface area contributed by atoms with Gasteiger partial charge in [-0.1, -0.05) is 20.3 Å². The molecule has 2 unspecified atom stereocenters. The second-order valence-electron chi connectivity index (χ2n) is 4.58. The van der Waals surface area contributed by atoms with Crippen LogP contribution in [0.4, 0.5) is 0 Å². The van der Waals surface area contributed by atoms with E-state index in [1.54, 1.807) is 7.11 Å². The van der Waals surface area contributed by atoms with Crippen molar-refractivity contribution in [3.63, 3.8) is 0 Å². The number of methoxy groups -OCH3 is 2. The van der Waals surface area contributed by atoms with Crippen LogP contribution >= 0.6 is 0 Å². The molecule has 94 valence electrons. The van der Waals surface area contributed by atoms with E-state index in [1.165, 1.54) is 7.11 Å². The number of nitrogens with one attached hydrogen (secondary N) is 1. The summed E-state index contributed by atoms with van der Waals surface area (Å²) in [6.07, 6.45) is 3.29. The summed E-state index contributed by atoms with van der Waals surface area (Å²) < 4.78 is 10.0. The second kappa shape index (κ2) is 6.21. The second-order valence-corrected chi connectivity index (χ2v) is 4.58. The first-order valence-electron chi connectivity index (χ1n) is 5.99. The van der Waals surface area contributed by atoms with E-state index in [9.17, 15) is 4.79 Å². The molecule has 0 saturated heterocycles. The summed E-state index contributed by atoms with van der Waals surface area (Å²) in [6, 6.07) is 0.209. The van der Waals surface area contributed by atoms with Crippen molar-refractivity contribution in [2.75, 3.05) is 14.2 Å². The average Bonchev–Trinajstić information content (AvgIpc) is 2.26. The Kier molecular flexibility index (Phi) is 5.22. The van der Waals surface area contributed by atoms with Crippen LogP contribution in [0.1, 0.15) is 33.1 Å². The number of carbonyl (C=O) groups is 1. The van der Waals surface area contributed by atoms with Crippen molar-refractivity contribution < 1.29 is 14.3 Å². The number of hydrogen-bond acceptors (Lipinski definition) is 4. The van der Waals surface area contributed by atoms with Crippen molar-refractivity contribution in [1.82, 2.24) is 5.32 Å². The zero-order valence-corrected chi connectivity index (χ0v) is 10.7. The van der Waals surface area contributed by atoms with E-state index < -0.39 is 0 Å². The van der Waals surface area contributed by atoms with Gasteiger partial charge in [-0.2, -0.15) is 0 Å². The van der Waals surface area contributed by atoms with Gasteiger partial charge in [0.2, 0.25) is 0 Å². The maximum Gasteiger partial charge on any atom is 0.323 e. The zero-order valence-electron chi connectivity index (χ0n) is 10.7. The highest BCUT2D eigenvalue weighted by Crippen LogP contribution is 2.24. The minimum Gasteiger partial charge on any atom is -0.468 e. The summed E-state index contributed by atoms with van der Waals surface area (Å²) in [5.41, 5.74) is 0. The predicted octanol–water partition coefficient (Wildman–Crippen LogP) is 1.34. The maximum absolute atomic E-state index is 11.6. The molecule has 0 bridgehead atoms. The van der Waals surface area contributed by atoms with Gasteiger partial charge in [0.1, 0.15) is 6.04 Å². The van der Waals surface area contributed by atoms with Crippen LogP contribution in [-0.4, -0.2) is 38.4 Å². The largest absolute Gasteiger partial charge is 0.468 e. The molecule has 0 radical (unpaired) electrons. The van der Waals surface area contributed by atoms with Crippen LogP contribution in [0.3, 0.4) is 0 Å². The van der Waals surface area contributed by atoms with Crippen molar-refractivity contribution in [2.24, 2.45) is 5.92 Å². The Balaban J connectivity index is 2.42. The van der Waals surface area contributed by atoms with Gasteiger partial charge in [0, 0.05) is 13.2 Å². The van der Waals surface area contributed by atoms with Gasteiger partial charge in [0.05, 0.1) is 13.2 Å². The molecule has 0 spiro atoms. The van der Waals surface area contributed by atoms with Crippen LogP contribution in [0, 0.1) is 5.92 Å². The average molecular weight is 229 g/mol. The van der Waals surface area contributed by atoms with E-state index in [1.807, 2.05) is 0 Å². The third-order valence-corrected chi connectivity index (χ3v) is 3.51. The first-order chi connectivity index (χ1) is 7.62. The van der Waals surface area contributed by atoms with E-state index in [0.29, 0.717) is 18.1 Å². The molecule has 0 aromatic heterocycles. The van der Waals surface area contributed by atoms with Crippen molar-refractivity contribution in [2.45, 2.75) is 51.3 Å². The zero-order chi connectivity index (χ0) is 12.1. The fourth-order valence-corrected chi connectivity index (χ4v) is 1.98. The molecule has 1 aliphatic carbocycles. The molecule has 16 heavy (non-hydrogen) atoms.